The summed E-state index contributed by atoms with van der Waals surface area (Å²) in [5.41, 5.74) is 0.599. The lowest BCUT2D eigenvalue weighted by atomic mass is 10.1. The minimum atomic E-state index is -0.463. The molecule has 0 spiro atoms. The second kappa shape index (κ2) is 5.57. The number of rotatable bonds is 6. The standard InChI is InChI=1S/C9H16N4O3/c1-10-7(5-16-3)4-8-9(13(14)15)11-6-12(8)2/h6-7,10H,4-5H2,1-3H3. The van der Waals surface area contributed by atoms with E-state index in [2.05, 4.69) is 10.3 Å². The van der Waals surface area contributed by atoms with Gasteiger partial charge in [0.1, 0.15) is 5.69 Å². The SMILES string of the molecule is CNC(COC)Cc1c([N+](=O)[O-])ncn1C. The van der Waals surface area contributed by atoms with Gasteiger partial charge in [-0.05, 0) is 17.0 Å². The Hall–Kier alpha value is -1.47. The molecule has 0 bridgehead atoms. The Morgan fingerprint density at radius 1 is 1.75 bits per heavy atom. The first-order valence-electron chi connectivity index (χ1n) is 4.91. The van der Waals surface area contributed by atoms with Crippen molar-refractivity contribution in [2.45, 2.75) is 12.5 Å². The van der Waals surface area contributed by atoms with Crippen LogP contribution in [0.25, 0.3) is 0 Å². The van der Waals surface area contributed by atoms with Gasteiger partial charge in [0, 0.05) is 26.6 Å². The molecular formula is C9H16N4O3. The van der Waals surface area contributed by atoms with Crippen molar-refractivity contribution in [3.8, 4) is 0 Å². The van der Waals surface area contributed by atoms with Crippen molar-refractivity contribution < 1.29 is 9.66 Å². The molecule has 1 heterocycles. The molecular weight excluding hydrogens is 212 g/mol. The summed E-state index contributed by atoms with van der Waals surface area (Å²) in [6, 6.07) is 0.0408. The van der Waals surface area contributed by atoms with Crippen LogP contribution in [-0.2, 0) is 18.2 Å². The van der Waals surface area contributed by atoms with Crippen molar-refractivity contribution in [2.24, 2.45) is 7.05 Å². The number of ether oxygens (including phenoxy) is 1. The highest BCUT2D eigenvalue weighted by Crippen LogP contribution is 2.16. The van der Waals surface area contributed by atoms with Crippen LogP contribution in [0.5, 0.6) is 0 Å². The van der Waals surface area contributed by atoms with Crippen LogP contribution < -0.4 is 5.32 Å². The van der Waals surface area contributed by atoms with Gasteiger partial charge in [-0.3, -0.25) is 0 Å². The van der Waals surface area contributed by atoms with Gasteiger partial charge in [-0.15, -0.1) is 0 Å². The Morgan fingerprint density at radius 3 is 2.94 bits per heavy atom. The molecule has 1 unspecified atom stereocenters. The van der Waals surface area contributed by atoms with E-state index in [9.17, 15) is 10.1 Å². The highest BCUT2D eigenvalue weighted by atomic mass is 16.6. The van der Waals surface area contributed by atoms with Crippen molar-refractivity contribution in [3.05, 3.63) is 22.1 Å². The molecule has 0 radical (unpaired) electrons. The van der Waals surface area contributed by atoms with E-state index in [0.29, 0.717) is 18.7 Å². The molecule has 1 N–H and O–H groups in total. The normalized spacial score (nSPS) is 12.7. The number of nitro groups is 1. The fraction of sp³-hybridized carbons (Fsp3) is 0.667. The second-order valence-electron chi connectivity index (χ2n) is 3.53. The van der Waals surface area contributed by atoms with Gasteiger partial charge in [-0.1, -0.05) is 0 Å². The zero-order chi connectivity index (χ0) is 12.1. The quantitative estimate of drug-likeness (QED) is 0.551. The lowest BCUT2D eigenvalue weighted by Gasteiger charge is -2.14. The number of hydrogen-bond acceptors (Lipinski definition) is 5. The lowest BCUT2D eigenvalue weighted by molar-refractivity contribution is -0.390. The zero-order valence-corrected chi connectivity index (χ0v) is 9.64. The van der Waals surface area contributed by atoms with E-state index >= 15 is 0 Å². The smallest absolute Gasteiger partial charge is 0.383 e. The molecule has 0 aromatic carbocycles. The second-order valence-corrected chi connectivity index (χ2v) is 3.53. The van der Waals surface area contributed by atoms with E-state index in [4.69, 9.17) is 4.74 Å². The molecule has 0 saturated carbocycles. The Kier molecular flexibility index (Phi) is 4.39. The van der Waals surface area contributed by atoms with E-state index in [1.54, 1.807) is 25.8 Å². The van der Waals surface area contributed by atoms with Gasteiger partial charge < -0.3 is 24.7 Å². The topological polar surface area (TPSA) is 82.2 Å². The highest BCUT2D eigenvalue weighted by Gasteiger charge is 2.22. The summed E-state index contributed by atoms with van der Waals surface area (Å²) < 4.78 is 6.69. The van der Waals surface area contributed by atoms with Gasteiger partial charge >= 0.3 is 5.82 Å². The number of imidazole rings is 1. The van der Waals surface area contributed by atoms with Crippen LogP contribution >= 0.6 is 0 Å². The third-order valence-corrected chi connectivity index (χ3v) is 2.43. The third kappa shape index (κ3) is 2.77. The van der Waals surface area contributed by atoms with Crippen molar-refractivity contribution in [1.82, 2.24) is 14.9 Å². The first-order valence-corrected chi connectivity index (χ1v) is 4.91. The molecule has 7 heteroatoms. The van der Waals surface area contributed by atoms with Gasteiger partial charge in [-0.25, -0.2) is 0 Å². The Balaban J connectivity index is 2.85. The average molecular weight is 228 g/mol. The third-order valence-electron chi connectivity index (χ3n) is 2.43. The molecule has 0 aliphatic heterocycles. The molecule has 0 saturated heterocycles. The number of aromatic nitrogens is 2. The van der Waals surface area contributed by atoms with Gasteiger partial charge in [-0.2, -0.15) is 0 Å². The lowest BCUT2D eigenvalue weighted by Crippen LogP contribution is -2.32. The van der Waals surface area contributed by atoms with Gasteiger partial charge in [0.05, 0.1) is 6.61 Å². The molecule has 90 valence electrons. The predicted molar refractivity (Wildman–Crippen MR) is 58.3 cm³/mol. The molecule has 7 nitrogen and oxygen atoms in total. The van der Waals surface area contributed by atoms with E-state index in [0.717, 1.165) is 0 Å². The van der Waals surface area contributed by atoms with Crippen LogP contribution in [0.2, 0.25) is 0 Å². The highest BCUT2D eigenvalue weighted by molar-refractivity contribution is 5.27. The van der Waals surface area contributed by atoms with Crippen molar-refractivity contribution in [2.75, 3.05) is 20.8 Å². The van der Waals surface area contributed by atoms with E-state index in [-0.39, 0.29) is 11.9 Å². The summed E-state index contributed by atoms with van der Waals surface area (Å²) in [5, 5.41) is 13.8. The summed E-state index contributed by atoms with van der Waals surface area (Å²) in [5.74, 6) is -0.0844. The van der Waals surface area contributed by atoms with Crippen LogP contribution in [-0.4, -0.2) is 41.3 Å². The van der Waals surface area contributed by atoms with Crippen LogP contribution in [0.4, 0.5) is 5.82 Å². The molecule has 1 aromatic rings. The Bertz CT molecular complexity index is 364. The minimum absolute atomic E-state index is 0.0408. The molecule has 16 heavy (non-hydrogen) atoms. The monoisotopic (exact) mass is 228 g/mol. The zero-order valence-electron chi connectivity index (χ0n) is 9.64. The maximum absolute atomic E-state index is 10.7. The first kappa shape index (κ1) is 12.6. The minimum Gasteiger partial charge on any atom is -0.383 e. The van der Waals surface area contributed by atoms with Crippen LogP contribution in [0, 0.1) is 10.1 Å². The summed E-state index contributed by atoms with van der Waals surface area (Å²) >= 11 is 0. The maximum Gasteiger partial charge on any atom is 0.384 e. The maximum atomic E-state index is 10.7. The number of aryl methyl sites for hydroxylation is 1. The Labute approximate surface area is 93.6 Å². The average Bonchev–Trinajstić information content (AvgIpc) is 2.60. The van der Waals surface area contributed by atoms with Crippen LogP contribution in [0.3, 0.4) is 0 Å². The van der Waals surface area contributed by atoms with Crippen molar-refractivity contribution in [3.63, 3.8) is 0 Å². The fourth-order valence-electron chi connectivity index (χ4n) is 1.51. The van der Waals surface area contributed by atoms with Crippen LogP contribution in [0.15, 0.2) is 6.33 Å². The molecule has 0 aliphatic rings. The molecule has 1 rings (SSSR count). The number of nitrogens with zero attached hydrogens (tertiary/aromatic N) is 3. The van der Waals surface area contributed by atoms with E-state index < -0.39 is 4.92 Å². The van der Waals surface area contributed by atoms with Crippen LogP contribution in [0.1, 0.15) is 5.69 Å². The molecule has 0 aliphatic carbocycles. The van der Waals surface area contributed by atoms with Crippen molar-refractivity contribution in [1.29, 1.82) is 0 Å². The van der Waals surface area contributed by atoms with E-state index in [1.165, 1.54) is 6.33 Å². The summed E-state index contributed by atoms with van der Waals surface area (Å²) in [4.78, 5) is 14.0. The number of hydrogen-bond donors (Lipinski definition) is 1. The van der Waals surface area contributed by atoms with Gasteiger partial charge in [0.25, 0.3) is 0 Å². The molecule has 1 atom stereocenters. The Morgan fingerprint density at radius 2 is 2.44 bits per heavy atom. The number of nitrogens with one attached hydrogen (secondary N) is 1. The first-order chi connectivity index (χ1) is 7.60. The fourth-order valence-corrected chi connectivity index (χ4v) is 1.51. The van der Waals surface area contributed by atoms with Gasteiger partial charge in [0.15, 0.2) is 0 Å². The van der Waals surface area contributed by atoms with E-state index in [1.807, 2.05) is 0 Å². The summed E-state index contributed by atoms with van der Waals surface area (Å²) in [6.45, 7) is 0.499. The molecule has 1 aromatic heterocycles. The van der Waals surface area contributed by atoms with Crippen molar-refractivity contribution >= 4 is 5.82 Å². The predicted octanol–water partition coefficient (Wildman–Crippen LogP) is 0.105. The van der Waals surface area contributed by atoms with Gasteiger partial charge in [0.2, 0.25) is 6.33 Å². The molecule has 0 fully saturated rings. The summed E-state index contributed by atoms with van der Waals surface area (Å²) in [6.07, 6.45) is 1.96. The summed E-state index contributed by atoms with van der Waals surface area (Å²) in [7, 11) is 5.14. The molecule has 0 amide bonds. The number of likely N-dealkylation sites (N-methyl/N-ethyl adjacent to an activating group) is 1. The number of methoxy groups -OCH3 is 1. The largest absolute Gasteiger partial charge is 0.384 e.